The van der Waals surface area contributed by atoms with Crippen molar-refractivity contribution in [3.8, 4) is 0 Å². The lowest BCUT2D eigenvalue weighted by molar-refractivity contribution is -0.126. The van der Waals surface area contributed by atoms with Gasteiger partial charge in [-0.2, -0.15) is 0 Å². The normalized spacial score (nSPS) is 30.1. The first-order valence-corrected chi connectivity index (χ1v) is 6.68. The number of rotatable bonds is 3. The minimum absolute atomic E-state index is 0.00100. The van der Waals surface area contributed by atoms with Gasteiger partial charge < -0.3 is 10.4 Å². The Bertz CT molecular complexity index is 270. The molecule has 0 spiro atoms. The Kier molecular flexibility index (Phi) is 4.59. The summed E-state index contributed by atoms with van der Waals surface area (Å²) in [5, 5.41) is 12.7. The maximum absolute atomic E-state index is 12.0. The van der Waals surface area contributed by atoms with Gasteiger partial charge >= 0.3 is 0 Å². The zero-order valence-electron chi connectivity index (χ0n) is 11.7. The summed E-state index contributed by atoms with van der Waals surface area (Å²) in [4.78, 5) is 12.0. The fourth-order valence-electron chi connectivity index (χ4n) is 2.78. The van der Waals surface area contributed by atoms with Crippen LogP contribution < -0.4 is 5.32 Å². The van der Waals surface area contributed by atoms with Crippen LogP contribution in [0.25, 0.3) is 0 Å². The van der Waals surface area contributed by atoms with Crippen molar-refractivity contribution in [2.45, 2.75) is 65.3 Å². The van der Waals surface area contributed by atoms with Crippen LogP contribution in [0.4, 0.5) is 0 Å². The number of nitrogens with one attached hydrogen (secondary N) is 1. The minimum atomic E-state index is -0.361. The Hall–Kier alpha value is -0.570. The highest BCUT2D eigenvalue weighted by molar-refractivity contribution is 5.77. The molecule has 1 aliphatic carbocycles. The number of carbonyl (C=O) groups is 1. The summed E-state index contributed by atoms with van der Waals surface area (Å²) in [5.41, 5.74) is -0.360. The maximum atomic E-state index is 12.0. The minimum Gasteiger partial charge on any atom is -0.394 e. The standard InChI is InChI=1S/C14H27NO2/c1-11-6-5-7-14(8-11,10-16)15-12(17)9-13(2,3)4/h11,16H,5-10H2,1-4H3,(H,15,17). The second kappa shape index (κ2) is 5.38. The van der Waals surface area contributed by atoms with E-state index in [9.17, 15) is 9.90 Å². The molecule has 1 aliphatic rings. The van der Waals surface area contributed by atoms with Gasteiger partial charge in [-0.3, -0.25) is 4.79 Å². The third kappa shape index (κ3) is 4.66. The number of aliphatic hydroxyl groups is 1. The van der Waals surface area contributed by atoms with Crippen molar-refractivity contribution in [1.82, 2.24) is 5.32 Å². The summed E-state index contributed by atoms with van der Waals surface area (Å²) in [5.74, 6) is 0.659. The number of hydrogen-bond donors (Lipinski definition) is 2. The highest BCUT2D eigenvalue weighted by atomic mass is 16.3. The average Bonchev–Trinajstić information content (AvgIpc) is 2.14. The van der Waals surface area contributed by atoms with Crippen molar-refractivity contribution in [3.63, 3.8) is 0 Å². The van der Waals surface area contributed by atoms with Gasteiger partial charge in [0.05, 0.1) is 12.1 Å². The van der Waals surface area contributed by atoms with Gasteiger partial charge in [-0.15, -0.1) is 0 Å². The summed E-state index contributed by atoms with van der Waals surface area (Å²) in [6.07, 6.45) is 4.63. The van der Waals surface area contributed by atoms with Crippen LogP contribution in [0.15, 0.2) is 0 Å². The Morgan fingerprint density at radius 3 is 2.59 bits per heavy atom. The van der Waals surface area contributed by atoms with Crippen molar-refractivity contribution >= 4 is 5.91 Å². The van der Waals surface area contributed by atoms with Crippen LogP contribution in [-0.2, 0) is 4.79 Å². The summed E-state index contributed by atoms with van der Waals surface area (Å²) in [6.45, 7) is 8.43. The fraction of sp³-hybridized carbons (Fsp3) is 0.929. The van der Waals surface area contributed by atoms with Gasteiger partial charge in [-0.1, -0.05) is 40.5 Å². The molecule has 0 heterocycles. The van der Waals surface area contributed by atoms with E-state index in [0.29, 0.717) is 12.3 Å². The van der Waals surface area contributed by atoms with Crippen molar-refractivity contribution in [2.75, 3.05) is 6.61 Å². The van der Waals surface area contributed by atoms with Gasteiger partial charge in [-0.05, 0) is 24.2 Å². The molecule has 0 aromatic rings. The van der Waals surface area contributed by atoms with E-state index >= 15 is 0 Å². The van der Waals surface area contributed by atoms with Crippen molar-refractivity contribution < 1.29 is 9.90 Å². The predicted octanol–water partition coefficient (Wildman–Crippen LogP) is 2.48. The van der Waals surface area contributed by atoms with Crippen LogP contribution in [-0.4, -0.2) is 23.2 Å². The van der Waals surface area contributed by atoms with E-state index in [1.165, 1.54) is 6.42 Å². The smallest absolute Gasteiger partial charge is 0.221 e. The molecule has 1 fully saturated rings. The molecule has 2 N–H and O–H groups in total. The Morgan fingerprint density at radius 1 is 1.47 bits per heavy atom. The lowest BCUT2D eigenvalue weighted by atomic mass is 9.76. The van der Waals surface area contributed by atoms with E-state index in [0.717, 1.165) is 19.3 Å². The van der Waals surface area contributed by atoms with E-state index in [1.807, 2.05) is 0 Å². The molecule has 0 aromatic carbocycles. The molecule has 2 atom stereocenters. The van der Waals surface area contributed by atoms with Crippen molar-refractivity contribution in [2.24, 2.45) is 11.3 Å². The van der Waals surface area contributed by atoms with Gasteiger partial charge in [0.15, 0.2) is 0 Å². The van der Waals surface area contributed by atoms with Crippen LogP contribution in [0.1, 0.15) is 59.8 Å². The topological polar surface area (TPSA) is 49.3 Å². The first-order chi connectivity index (χ1) is 7.76. The number of hydrogen-bond acceptors (Lipinski definition) is 2. The van der Waals surface area contributed by atoms with E-state index < -0.39 is 0 Å². The van der Waals surface area contributed by atoms with E-state index in [4.69, 9.17) is 0 Å². The first kappa shape index (κ1) is 14.5. The molecule has 3 nitrogen and oxygen atoms in total. The summed E-state index contributed by atoms with van der Waals surface area (Å²) in [7, 11) is 0. The number of carbonyl (C=O) groups excluding carboxylic acids is 1. The zero-order valence-corrected chi connectivity index (χ0v) is 11.7. The highest BCUT2D eigenvalue weighted by Crippen LogP contribution is 2.32. The third-order valence-electron chi connectivity index (χ3n) is 3.49. The molecule has 0 aliphatic heterocycles. The number of aliphatic hydroxyl groups excluding tert-OH is 1. The second-order valence-corrected chi connectivity index (χ2v) is 6.93. The Morgan fingerprint density at radius 2 is 2.12 bits per heavy atom. The highest BCUT2D eigenvalue weighted by Gasteiger charge is 2.36. The molecular formula is C14H27NO2. The van der Waals surface area contributed by atoms with Gasteiger partial charge in [0, 0.05) is 6.42 Å². The van der Waals surface area contributed by atoms with Gasteiger partial charge in [0.25, 0.3) is 0 Å². The van der Waals surface area contributed by atoms with Crippen LogP contribution in [0, 0.1) is 11.3 Å². The largest absolute Gasteiger partial charge is 0.394 e. The molecule has 0 radical (unpaired) electrons. The lowest BCUT2D eigenvalue weighted by Gasteiger charge is -2.40. The fourth-order valence-corrected chi connectivity index (χ4v) is 2.78. The van der Waals surface area contributed by atoms with Crippen LogP contribution in [0.5, 0.6) is 0 Å². The molecule has 0 saturated heterocycles. The average molecular weight is 241 g/mol. The summed E-state index contributed by atoms with van der Waals surface area (Å²) in [6, 6.07) is 0. The summed E-state index contributed by atoms with van der Waals surface area (Å²) < 4.78 is 0. The molecule has 2 unspecified atom stereocenters. The monoisotopic (exact) mass is 241 g/mol. The molecule has 1 rings (SSSR count). The van der Waals surface area contributed by atoms with Gasteiger partial charge in [-0.25, -0.2) is 0 Å². The van der Waals surface area contributed by atoms with Gasteiger partial charge in [0.1, 0.15) is 0 Å². The zero-order chi connectivity index (χ0) is 13.1. The van der Waals surface area contributed by atoms with E-state index in [2.05, 4.69) is 33.0 Å². The quantitative estimate of drug-likeness (QED) is 0.797. The molecule has 17 heavy (non-hydrogen) atoms. The first-order valence-electron chi connectivity index (χ1n) is 6.68. The summed E-state index contributed by atoms with van der Waals surface area (Å²) >= 11 is 0. The molecule has 0 bridgehead atoms. The SMILES string of the molecule is CC1CCCC(CO)(NC(=O)CC(C)(C)C)C1. The van der Waals surface area contributed by atoms with Gasteiger partial charge in [0.2, 0.25) is 5.91 Å². The lowest BCUT2D eigenvalue weighted by Crippen LogP contribution is -2.54. The predicted molar refractivity (Wildman–Crippen MR) is 69.7 cm³/mol. The Labute approximate surface area is 105 Å². The molecule has 3 heteroatoms. The molecule has 1 amide bonds. The third-order valence-corrected chi connectivity index (χ3v) is 3.49. The van der Waals surface area contributed by atoms with Crippen LogP contribution in [0.3, 0.4) is 0 Å². The van der Waals surface area contributed by atoms with Crippen LogP contribution >= 0.6 is 0 Å². The van der Waals surface area contributed by atoms with E-state index in [1.54, 1.807) is 0 Å². The number of amides is 1. The van der Waals surface area contributed by atoms with Crippen molar-refractivity contribution in [3.05, 3.63) is 0 Å². The second-order valence-electron chi connectivity index (χ2n) is 6.93. The molecule has 100 valence electrons. The maximum Gasteiger partial charge on any atom is 0.221 e. The Balaban J connectivity index is 2.59. The van der Waals surface area contributed by atoms with Crippen LogP contribution in [0.2, 0.25) is 0 Å². The molecular weight excluding hydrogens is 214 g/mol. The van der Waals surface area contributed by atoms with Crippen molar-refractivity contribution in [1.29, 1.82) is 0 Å². The molecule has 1 saturated carbocycles. The van der Waals surface area contributed by atoms with E-state index in [-0.39, 0.29) is 23.5 Å². The molecule has 0 aromatic heterocycles.